The number of primary amides is 1. The Bertz CT molecular complexity index is 618. The number of likely N-dealkylation sites (N-methyl/N-ethyl adjacent to an activating group) is 1. The zero-order chi connectivity index (χ0) is 18.6. The molecule has 2 N–H and O–H groups in total. The zero-order valence-electron chi connectivity index (χ0n) is 15.6. The van der Waals surface area contributed by atoms with Crippen LogP contribution in [-0.2, 0) is 9.59 Å². The number of rotatable bonds is 5. The highest BCUT2D eigenvalue weighted by Gasteiger charge is 2.33. The van der Waals surface area contributed by atoms with Crippen LogP contribution in [-0.4, -0.2) is 54.9 Å². The third-order valence-electron chi connectivity index (χ3n) is 4.90. The van der Waals surface area contributed by atoms with E-state index in [1.807, 2.05) is 38.4 Å². The van der Waals surface area contributed by atoms with Gasteiger partial charge in [0.1, 0.15) is 12.4 Å². The van der Waals surface area contributed by atoms with E-state index in [2.05, 4.69) is 18.7 Å². The predicted molar refractivity (Wildman–Crippen MR) is 97.1 cm³/mol. The Morgan fingerprint density at radius 2 is 2.08 bits per heavy atom. The fraction of sp³-hybridized carbons (Fsp3) is 0.579. The Morgan fingerprint density at radius 3 is 2.72 bits per heavy atom. The maximum Gasteiger partial charge on any atom is 0.312 e. The Labute approximate surface area is 149 Å². The molecule has 6 heteroatoms. The smallest absolute Gasteiger partial charge is 0.312 e. The molecule has 6 nitrogen and oxygen atoms in total. The van der Waals surface area contributed by atoms with E-state index in [0.717, 1.165) is 24.2 Å². The normalized spacial score (nSPS) is 21.9. The van der Waals surface area contributed by atoms with Crippen molar-refractivity contribution in [1.29, 1.82) is 0 Å². The van der Waals surface area contributed by atoms with Crippen molar-refractivity contribution in [2.24, 2.45) is 11.7 Å². The van der Waals surface area contributed by atoms with Gasteiger partial charge in [-0.2, -0.15) is 0 Å². The topological polar surface area (TPSA) is 75.9 Å². The number of carbonyl (C=O) groups is 2. The van der Waals surface area contributed by atoms with Gasteiger partial charge in [-0.1, -0.05) is 19.1 Å². The van der Waals surface area contributed by atoms with E-state index in [4.69, 9.17) is 10.5 Å². The summed E-state index contributed by atoms with van der Waals surface area (Å²) in [6.07, 6.45) is 1.83. The van der Waals surface area contributed by atoms with Crippen LogP contribution in [0.4, 0.5) is 0 Å². The molecule has 0 bridgehead atoms. The van der Waals surface area contributed by atoms with Gasteiger partial charge in [0.2, 0.25) is 0 Å². The van der Waals surface area contributed by atoms with Gasteiger partial charge in [-0.3, -0.25) is 9.59 Å². The lowest BCUT2D eigenvalue weighted by Crippen LogP contribution is -2.46. The second kappa shape index (κ2) is 8.34. The minimum absolute atomic E-state index is 0.133. The molecule has 1 fully saturated rings. The molecule has 1 saturated heterocycles. The summed E-state index contributed by atoms with van der Waals surface area (Å²) in [6, 6.07) is 7.94. The van der Waals surface area contributed by atoms with Gasteiger partial charge in [-0.25, -0.2) is 0 Å². The van der Waals surface area contributed by atoms with Gasteiger partial charge in [0.05, 0.1) is 6.04 Å². The largest absolute Gasteiger partial charge is 0.492 e. The number of ether oxygens (including phenoxy) is 1. The lowest BCUT2D eigenvalue weighted by atomic mass is 9.89. The van der Waals surface area contributed by atoms with Gasteiger partial charge in [0.15, 0.2) is 0 Å². The number of amides is 2. The van der Waals surface area contributed by atoms with Crippen molar-refractivity contribution >= 4 is 11.8 Å². The van der Waals surface area contributed by atoms with Crippen molar-refractivity contribution in [2.45, 2.75) is 38.8 Å². The first-order chi connectivity index (χ1) is 11.8. The molecule has 1 aliphatic rings. The molecule has 1 unspecified atom stereocenters. The molecule has 1 heterocycles. The SMILES string of the molecule is CC(COc1cccc([C@H]2CC[C@H](C)CN2C(=O)C(N)=O)c1)N(C)C. The molecular weight excluding hydrogens is 318 g/mol. The minimum atomic E-state index is -0.897. The summed E-state index contributed by atoms with van der Waals surface area (Å²) in [6.45, 7) is 5.32. The molecule has 1 aromatic carbocycles. The first-order valence-electron chi connectivity index (χ1n) is 8.79. The number of nitrogens with two attached hydrogens (primary N) is 1. The van der Waals surface area contributed by atoms with Crippen molar-refractivity contribution in [3.05, 3.63) is 29.8 Å². The van der Waals surface area contributed by atoms with Crippen molar-refractivity contribution in [1.82, 2.24) is 9.80 Å². The average Bonchev–Trinajstić information content (AvgIpc) is 2.58. The van der Waals surface area contributed by atoms with Gasteiger partial charge >= 0.3 is 11.8 Å². The molecule has 2 rings (SSSR count). The number of hydrogen-bond donors (Lipinski definition) is 1. The van der Waals surface area contributed by atoms with Crippen LogP contribution >= 0.6 is 0 Å². The van der Waals surface area contributed by atoms with E-state index in [9.17, 15) is 9.59 Å². The number of likely N-dealkylation sites (tertiary alicyclic amines) is 1. The monoisotopic (exact) mass is 347 g/mol. The maximum atomic E-state index is 12.2. The van der Waals surface area contributed by atoms with E-state index in [-0.39, 0.29) is 6.04 Å². The Kier molecular flexibility index (Phi) is 6.42. The van der Waals surface area contributed by atoms with Crippen molar-refractivity contribution in [3.63, 3.8) is 0 Å². The summed E-state index contributed by atoms with van der Waals surface area (Å²) in [4.78, 5) is 27.3. The third-order valence-corrected chi connectivity index (χ3v) is 4.90. The van der Waals surface area contributed by atoms with E-state index in [0.29, 0.717) is 25.1 Å². The first kappa shape index (κ1) is 19.2. The minimum Gasteiger partial charge on any atom is -0.492 e. The van der Waals surface area contributed by atoms with Gasteiger partial charge in [-0.05, 0) is 57.5 Å². The molecule has 25 heavy (non-hydrogen) atoms. The molecule has 0 saturated carbocycles. The maximum absolute atomic E-state index is 12.2. The lowest BCUT2D eigenvalue weighted by Gasteiger charge is -2.38. The molecule has 138 valence electrons. The molecule has 2 amide bonds. The highest BCUT2D eigenvalue weighted by molar-refractivity contribution is 6.34. The van der Waals surface area contributed by atoms with Crippen LogP contribution in [0.15, 0.2) is 24.3 Å². The van der Waals surface area contributed by atoms with E-state index < -0.39 is 11.8 Å². The van der Waals surface area contributed by atoms with Gasteiger partial charge in [0, 0.05) is 12.6 Å². The fourth-order valence-electron chi connectivity index (χ4n) is 3.04. The van der Waals surface area contributed by atoms with Gasteiger partial charge in [0.25, 0.3) is 0 Å². The molecule has 0 aromatic heterocycles. The zero-order valence-corrected chi connectivity index (χ0v) is 15.6. The molecule has 1 aromatic rings. The number of carbonyl (C=O) groups excluding carboxylic acids is 2. The van der Waals surface area contributed by atoms with Crippen molar-refractivity contribution in [2.75, 3.05) is 27.2 Å². The Balaban J connectivity index is 2.16. The van der Waals surface area contributed by atoms with Crippen molar-refractivity contribution in [3.8, 4) is 5.75 Å². The summed E-state index contributed by atoms with van der Waals surface area (Å²) >= 11 is 0. The van der Waals surface area contributed by atoms with Crippen LogP contribution in [0.5, 0.6) is 5.75 Å². The Morgan fingerprint density at radius 1 is 1.36 bits per heavy atom. The second-order valence-electron chi connectivity index (χ2n) is 7.22. The molecule has 0 aliphatic carbocycles. The van der Waals surface area contributed by atoms with Crippen molar-refractivity contribution < 1.29 is 14.3 Å². The van der Waals surface area contributed by atoms with Crippen LogP contribution in [0.3, 0.4) is 0 Å². The van der Waals surface area contributed by atoms with Gasteiger partial charge in [-0.15, -0.1) is 0 Å². The summed E-state index contributed by atoms with van der Waals surface area (Å²) in [5.41, 5.74) is 6.22. The first-order valence-corrected chi connectivity index (χ1v) is 8.79. The standard InChI is InChI=1S/C19H29N3O3/c1-13-8-9-17(22(11-13)19(24)18(20)23)15-6-5-7-16(10-15)25-12-14(2)21(3)4/h5-7,10,13-14,17H,8-9,11-12H2,1-4H3,(H2,20,23)/t13-,14?,17+/m0/s1. The molecule has 3 atom stereocenters. The van der Waals surface area contributed by atoms with Gasteiger partial charge < -0.3 is 20.3 Å². The average molecular weight is 347 g/mol. The molecule has 0 radical (unpaired) electrons. The number of piperidine rings is 1. The third kappa shape index (κ3) is 4.95. The Hall–Kier alpha value is -2.08. The van der Waals surface area contributed by atoms with E-state index in [1.54, 1.807) is 4.90 Å². The summed E-state index contributed by atoms with van der Waals surface area (Å²) in [7, 11) is 4.03. The molecular formula is C19H29N3O3. The van der Waals surface area contributed by atoms with Crippen LogP contribution in [0.2, 0.25) is 0 Å². The fourth-order valence-corrected chi connectivity index (χ4v) is 3.04. The van der Waals surface area contributed by atoms with Crippen LogP contribution in [0.25, 0.3) is 0 Å². The number of nitrogens with zero attached hydrogens (tertiary/aromatic N) is 2. The second-order valence-corrected chi connectivity index (χ2v) is 7.22. The van der Waals surface area contributed by atoms with E-state index in [1.165, 1.54) is 0 Å². The highest BCUT2D eigenvalue weighted by Crippen LogP contribution is 2.34. The van der Waals surface area contributed by atoms with Crippen LogP contribution in [0, 0.1) is 5.92 Å². The van der Waals surface area contributed by atoms with E-state index >= 15 is 0 Å². The lowest BCUT2D eigenvalue weighted by molar-refractivity contribution is -0.147. The highest BCUT2D eigenvalue weighted by atomic mass is 16.5. The summed E-state index contributed by atoms with van der Waals surface area (Å²) in [5.74, 6) is -0.369. The van der Waals surface area contributed by atoms with Crippen LogP contribution in [0.1, 0.15) is 38.3 Å². The summed E-state index contributed by atoms with van der Waals surface area (Å²) in [5, 5.41) is 0. The van der Waals surface area contributed by atoms with Crippen LogP contribution < -0.4 is 10.5 Å². The molecule has 1 aliphatic heterocycles. The number of hydrogen-bond acceptors (Lipinski definition) is 4. The number of benzene rings is 1. The quantitative estimate of drug-likeness (QED) is 0.824. The molecule has 0 spiro atoms. The predicted octanol–water partition coefficient (Wildman–Crippen LogP) is 1.80. The summed E-state index contributed by atoms with van der Waals surface area (Å²) < 4.78 is 5.89.